The number of nitrogens with zero attached hydrogens (tertiary/aromatic N) is 5. The zero-order valence-corrected chi connectivity index (χ0v) is 18.4. The zero-order chi connectivity index (χ0) is 22.2. The smallest absolute Gasteiger partial charge is 0.227 e. The van der Waals surface area contributed by atoms with E-state index in [0.717, 1.165) is 17.1 Å². The Hall–Kier alpha value is -3.42. The minimum atomic E-state index is -0.185. The minimum absolute atomic E-state index is 0.00596. The van der Waals surface area contributed by atoms with E-state index in [1.807, 2.05) is 75.9 Å². The van der Waals surface area contributed by atoms with Gasteiger partial charge in [0.15, 0.2) is 0 Å². The summed E-state index contributed by atoms with van der Waals surface area (Å²) in [5.41, 5.74) is 2.60. The molecule has 8 heteroatoms. The van der Waals surface area contributed by atoms with E-state index in [9.17, 15) is 9.59 Å². The van der Waals surface area contributed by atoms with Crippen LogP contribution in [0.2, 0.25) is 0 Å². The number of aromatic nitrogens is 4. The normalized spacial score (nSPS) is 11.8. The minimum Gasteiger partial charge on any atom is -0.352 e. The van der Waals surface area contributed by atoms with Gasteiger partial charge in [-0.1, -0.05) is 18.2 Å². The number of carbonyl (C=O) groups is 2. The second-order valence-corrected chi connectivity index (χ2v) is 7.77. The monoisotopic (exact) mass is 422 g/mol. The van der Waals surface area contributed by atoms with Crippen LogP contribution >= 0.6 is 0 Å². The van der Waals surface area contributed by atoms with Crippen molar-refractivity contribution in [1.82, 2.24) is 24.9 Å². The first-order valence-corrected chi connectivity index (χ1v) is 10.5. The highest BCUT2D eigenvalue weighted by Gasteiger charge is 2.20. The lowest BCUT2D eigenvalue weighted by molar-refractivity contribution is -0.122. The van der Waals surface area contributed by atoms with Gasteiger partial charge in [0, 0.05) is 70.4 Å². The number of hydrogen-bond donors (Lipinski definition) is 1. The van der Waals surface area contributed by atoms with Gasteiger partial charge in [-0.2, -0.15) is 10.2 Å². The molecule has 1 aromatic carbocycles. The fourth-order valence-corrected chi connectivity index (χ4v) is 3.43. The molecule has 2 amide bonds. The lowest BCUT2D eigenvalue weighted by Gasteiger charge is -2.26. The van der Waals surface area contributed by atoms with Crippen molar-refractivity contribution < 1.29 is 9.59 Å². The van der Waals surface area contributed by atoms with Crippen LogP contribution in [0.4, 0.5) is 5.69 Å². The van der Waals surface area contributed by atoms with Crippen molar-refractivity contribution in [3.05, 3.63) is 66.2 Å². The van der Waals surface area contributed by atoms with Crippen LogP contribution in [0, 0.1) is 0 Å². The lowest BCUT2D eigenvalue weighted by atomic mass is 10.1. The van der Waals surface area contributed by atoms with E-state index in [1.165, 1.54) is 0 Å². The molecule has 2 aromatic heterocycles. The van der Waals surface area contributed by atoms with Gasteiger partial charge in [-0.3, -0.25) is 19.0 Å². The van der Waals surface area contributed by atoms with E-state index in [1.54, 1.807) is 14.3 Å². The molecule has 0 radical (unpaired) electrons. The van der Waals surface area contributed by atoms with Gasteiger partial charge in [-0.15, -0.1) is 0 Å². The van der Waals surface area contributed by atoms with Crippen molar-refractivity contribution in [3.8, 4) is 0 Å². The third-order valence-electron chi connectivity index (χ3n) is 4.97. The topological polar surface area (TPSA) is 85.0 Å². The predicted octanol–water partition coefficient (Wildman–Crippen LogP) is 2.26. The van der Waals surface area contributed by atoms with Crippen LogP contribution in [0.5, 0.6) is 0 Å². The van der Waals surface area contributed by atoms with Gasteiger partial charge in [0.25, 0.3) is 0 Å². The molecular weight excluding hydrogens is 392 g/mol. The quantitative estimate of drug-likeness (QED) is 0.543. The highest BCUT2D eigenvalue weighted by molar-refractivity contribution is 5.93. The molecule has 0 fully saturated rings. The third kappa shape index (κ3) is 6.80. The molecule has 31 heavy (non-hydrogen) atoms. The van der Waals surface area contributed by atoms with Crippen LogP contribution in [0.25, 0.3) is 0 Å². The lowest BCUT2D eigenvalue weighted by Crippen LogP contribution is -2.44. The Morgan fingerprint density at radius 2 is 1.52 bits per heavy atom. The van der Waals surface area contributed by atoms with Crippen LogP contribution in [0.3, 0.4) is 0 Å². The first-order valence-electron chi connectivity index (χ1n) is 10.5. The summed E-state index contributed by atoms with van der Waals surface area (Å²) in [6.45, 7) is 2.32. The van der Waals surface area contributed by atoms with Crippen molar-refractivity contribution in [2.45, 2.75) is 38.6 Å². The predicted molar refractivity (Wildman–Crippen MR) is 119 cm³/mol. The van der Waals surface area contributed by atoms with Crippen molar-refractivity contribution in [3.63, 3.8) is 0 Å². The Balaban J connectivity index is 1.56. The van der Waals surface area contributed by atoms with Crippen LogP contribution in [0.15, 0.2) is 54.9 Å². The van der Waals surface area contributed by atoms with Crippen molar-refractivity contribution in [2.75, 3.05) is 11.4 Å². The number of amides is 2. The number of carbonyl (C=O) groups excluding carboxylic acids is 2. The molecule has 3 aromatic rings. The van der Waals surface area contributed by atoms with Gasteiger partial charge in [0.05, 0.1) is 11.4 Å². The highest BCUT2D eigenvalue weighted by atomic mass is 16.2. The summed E-state index contributed by atoms with van der Waals surface area (Å²) >= 11 is 0. The van der Waals surface area contributed by atoms with Crippen LogP contribution in [0.1, 0.15) is 31.2 Å². The van der Waals surface area contributed by atoms with Crippen molar-refractivity contribution in [2.24, 2.45) is 14.1 Å². The van der Waals surface area contributed by atoms with Crippen molar-refractivity contribution in [1.29, 1.82) is 0 Å². The maximum absolute atomic E-state index is 13.0. The van der Waals surface area contributed by atoms with Gasteiger partial charge in [-0.25, -0.2) is 0 Å². The molecule has 0 spiro atoms. The Morgan fingerprint density at radius 1 is 0.935 bits per heavy atom. The Bertz CT molecular complexity index is 994. The molecule has 1 unspecified atom stereocenters. The summed E-state index contributed by atoms with van der Waals surface area (Å²) < 4.78 is 3.46. The summed E-state index contributed by atoms with van der Waals surface area (Å²) in [7, 11) is 3.72. The van der Waals surface area contributed by atoms with E-state index in [2.05, 4.69) is 15.5 Å². The Labute approximate surface area is 182 Å². The second kappa shape index (κ2) is 10.6. The molecule has 164 valence electrons. The molecule has 0 aliphatic rings. The number of para-hydroxylation sites is 1. The molecule has 0 aliphatic carbocycles. The number of nitrogens with one attached hydrogen (secondary N) is 1. The average molecular weight is 423 g/mol. The molecule has 2 heterocycles. The fourth-order valence-electron chi connectivity index (χ4n) is 3.43. The van der Waals surface area contributed by atoms with E-state index < -0.39 is 0 Å². The van der Waals surface area contributed by atoms with E-state index >= 15 is 0 Å². The number of aryl methyl sites for hydroxylation is 4. The number of rotatable bonds is 10. The largest absolute Gasteiger partial charge is 0.352 e. The molecule has 0 bridgehead atoms. The maximum atomic E-state index is 13.0. The van der Waals surface area contributed by atoms with Gasteiger partial charge in [0.1, 0.15) is 0 Å². The zero-order valence-electron chi connectivity index (χ0n) is 18.4. The fraction of sp³-hybridized carbons (Fsp3) is 0.391. The maximum Gasteiger partial charge on any atom is 0.227 e. The Kier molecular flexibility index (Phi) is 7.59. The van der Waals surface area contributed by atoms with Crippen LogP contribution in [-0.4, -0.2) is 44.0 Å². The summed E-state index contributed by atoms with van der Waals surface area (Å²) in [5.74, 6) is -0.0430. The van der Waals surface area contributed by atoms with E-state index in [0.29, 0.717) is 32.2 Å². The first kappa shape index (κ1) is 22.3. The van der Waals surface area contributed by atoms with Gasteiger partial charge in [0.2, 0.25) is 11.8 Å². The van der Waals surface area contributed by atoms with Crippen LogP contribution < -0.4 is 10.2 Å². The second-order valence-electron chi connectivity index (χ2n) is 7.77. The number of hydrogen-bond acceptors (Lipinski definition) is 4. The Morgan fingerprint density at radius 3 is 2.06 bits per heavy atom. The van der Waals surface area contributed by atoms with Crippen molar-refractivity contribution >= 4 is 17.5 Å². The van der Waals surface area contributed by atoms with Crippen LogP contribution in [-0.2, 0) is 36.5 Å². The summed E-state index contributed by atoms with van der Waals surface area (Å²) in [4.78, 5) is 27.1. The molecule has 1 atom stereocenters. The highest BCUT2D eigenvalue weighted by Crippen LogP contribution is 2.16. The summed E-state index contributed by atoms with van der Waals surface area (Å²) in [6, 6.07) is 13.2. The first-order chi connectivity index (χ1) is 14.9. The third-order valence-corrected chi connectivity index (χ3v) is 4.97. The molecule has 0 aliphatic heterocycles. The standard InChI is InChI=1S/C23H30N6O2/c1-18(24-22(30)11-9-19-13-15-27(2)25-19)17-29(21-7-5-4-6-8-21)23(31)12-10-20-14-16-28(3)26-20/h4-8,13-16,18H,9-12,17H2,1-3H3,(H,24,30). The number of benzene rings is 1. The summed E-state index contributed by atoms with van der Waals surface area (Å²) in [5, 5.41) is 11.6. The number of anilines is 1. The molecule has 3 rings (SSSR count). The van der Waals surface area contributed by atoms with E-state index in [-0.39, 0.29) is 17.9 Å². The molecule has 0 saturated heterocycles. The van der Waals surface area contributed by atoms with Gasteiger partial charge in [-0.05, 0) is 31.2 Å². The van der Waals surface area contributed by atoms with E-state index in [4.69, 9.17) is 0 Å². The summed E-state index contributed by atoms with van der Waals surface area (Å²) in [6.07, 6.45) is 5.62. The van der Waals surface area contributed by atoms with Gasteiger partial charge < -0.3 is 10.2 Å². The molecule has 1 N–H and O–H groups in total. The molecule has 8 nitrogen and oxygen atoms in total. The van der Waals surface area contributed by atoms with Gasteiger partial charge >= 0.3 is 0 Å². The molecule has 0 saturated carbocycles. The SMILES string of the molecule is CC(CN(C(=O)CCc1ccn(C)n1)c1ccccc1)NC(=O)CCc1ccn(C)n1. The molecular formula is C23H30N6O2. The average Bonchev–Trinajstić information content (AvgIpc) is 3.37.